The van der Waals surface area contributed by atoms with Gasteiger partial charge in [-0.05, 0) is 43.5 Å². The van der Waals surface area contributed by atoms with Crippen molar-refractivity contribution in [3.8, 4) is 16.9 Å². The second-order valence-electron chi connectivity index (χ2n) is 9.04. The normalized spacial score (nSPS) is 14.7. The van der Waals surface area contributed by atoms with Gasteiger partial charge in [-0.15, -0.1) is 0 Å². The van der Waals surface area contributed by atoms with E-state index in [0.717, 1.165) is 56.4 Å². The SMILES string of the molecule is Cc1nc(C(C)N)nc(N2CCOc3ccc(-c4cnc5sc(N)nc5c4)cc3C2)c1C(C)C. The number of aryl methyl sites for hydroxylation is 1. The van der Waals surface area contributed by atoms with Gasteiger partial charge in [0.2, 0.25) is 0 Å². The predicted octanol–water partition coefficient (Wildman–Crippen LogP) is 4.58. The molecular formula is C25H29N7OS. The fourth-order valence-corrected chi connectivity index (χ4v) is 5.12. The van der Waals surface area contributed by atoms with Gasteiger partial charge in [-0.25, -0.2) is 19.9 Å². The largest absolute Gasteiger partial charge is 0.491 e. The summed E-state index contributed by atoms with van der Waals surface area (Å²) in [5.74, 6) is 2.79. The summed E-state index contributed by atoms with van der Waals surface area (Å²) < 4.78 is 6.12. The number of nitrogen functional groups attached to an aromatic ring is 1. The highest BCUT2D eigenvalue weighted by molar-refractivity contribution is 7.21. The standard InChI is InChI=1S/C25H29N7OS/c1-13(2)21-15(4)29-22(14(3)26)31-23(21)32-7-8-33-20-6-5-16(9-18(20)12-32)17-10-19-24(28-11-17)34-25(27)30-19/h5-6,9-11,13-14H,7-8,12,26H2,1-4H3,(H2,27,30). The van der Waals surface area contributed by atoms with Crippen LogP contribution in [0, 0.1) is 6.92 Å². The minimum atomic E-state index is -0.233. The van der Waals surface area contributed by atoms with E-state index in [4.69, 9.17) is 21.2 Å². The van der Waals surface area contributed by atoms with Crippen LogP contribution in [0.3, 0.4) is 0 Å². The van der Waals surface area contributed by atoms with Gasteiger partial charge in [0, 0.05) is 35.1 Å². The van der Waals surface area contributed by atoms with Gasteiger partial charge in [-0.3, -0.25) is 0 Å². The lowest BCUT2D eigenvalue weighted by atomic mass is 10.0. The van der Waals surface area contributed by atoms with Gasteiger partial charge < -0.3 is 21.1 Å². The van der Waals surface area contributed by atoms with E-state index in [-0.39, 0.29) is 12.0 Å². The smallest absolute Gasteiger partial charge is 0.182 e. The molecule has 8 nitrogen and oxygen atoms in total. The summed E-state index contributed by atoms with van der Waals surface area (Å²) in [4.78, 5) is 21.7. The molecule has 0 fully saturated rings. The topological polar surface area (TPSA) is 116 Å². The molecule has 1 atom stereocenters. The zero-order valence-corrected chi connectivity index (χ0v) is 20.7. The second kappa shape index (κ2) is 8.81. The molecule has 0 bridgehead atoms. The highest BCUT2D eigenvalue weighted by atomic mass is 32.1. The lowest BCUT2D eigenvalue weighted by Gasteiger charge is -2.27. The molecule has 0 amide bonds. The van der Waals surface area contributed by atoms with E-state index in [1.807, 2.05) is 32.2 Å². The molecule has 1 aliphatic rings. The fourth-order valence-electron chi connectivity index (χ4n) is 4.46. The Labute approximate surface area is 203 Å². The molecule has 0 saturated heterocycles. The third kappa shape index (κ3) is 4.17. The number of thiazole rings is 1. The minimum absolute atomic E-state index is 0.233. The average molecular weight is 476 g/mol. The van der Waals surface area contributed by atoms with Crippen molar-refractivity contribution in [2.24, 2.45) is 5.73 Å². The Morgan fingerprint density at radius 2 is 1.91 bits per heavy atom. The van der Waals surface area contributed by atoms with Crippen molar-refractivity contribution in [3.05, 3.63) is 53.1 Å². The Hall–Kier alpha value is -3.30. The van der Waals surface area contributed by atoms with Crippen molar-refractivity contribution in [1.29, 1.82) is 0 Å². The number of nitrogens with zero attached hydrogens (tertiary/aromatic N) is 5. The van der Waals surface area contributed by atoms with Gasteiger partial charge in [-0.1, -0.05) is 31.3 Å². The molecule has 1 aromatic carbocycles. The first-order valence-corrected chi connectivity index (χ1v) is 12.3. The zero-order chi connectivity index (χ0) is 24.0. The number of hydrogen-bond donors (Lipinski definition) is 2. The molecule has 1 unspecified atom stereocenters. The number of anilines is 2. The van der Waals surface area contributed by atoms with E-state index in [2.05, 4.69) is 45.8 Å². The summed E-state index contributed by atoms with van der Waals surface area (Å²) in [6.45, 7) is 10.3. The predicted molar refractivity (Wildman–Crippen MR) is 137 cm³/mol. The number of rotatable bonds is 4. The van der Waals surface area contributed by atoms with Gasteiger partial charge in [0.15, 0.2) is 5.13 Å². The Morgan fingerprint density at radius 1 is 1.09 bits per heavy atom. The lowest BCUT2D eigenvalue weighted by molar-refractivity contribution is 0.331. The Kier molecular flexibility index (Phi) is 5.83. The molecule has 4 N–H and O–H groups in total. The van der Waals surface area contributed by atoms with Crippen LogP contribution in [0.5, 0.6) is 5.75 Å². The number of pyridine rings is 1. The number of benzene rings is 1. The molecule has 0 spiro atoms. The highest BCUT2D eigenvalue weighted by Gasteiger charge is 2.24. The molecule has 5 rings (SSSR count). The summed E-state index contributed by atoms with van der Waals surface area (Å²) in [5.41, 5.74) is 18.1. The summed E-state index contributed by atoms with van der Waals surface area (Å²) in [7, 11) is 0. The number of fused-ring (bicyclic) bond motifs is 2. The molecule has 0 saturated carbocycles. The molecule has 0 radical (unpaired) electrons. The van der Waals surface area contributed by atoms with Crippen LogP contribution < -0.4 is 21.1 Å². The van der Waals surface area contributed by atoms with Crippen LogP contribution in [-0.4, -0.2) is 33.1 Å². The molecule has 1 aliphatic heterocycles. The summed E-state index contributed by atoms with van der Waals surface area (Å²) in [6, 6.07) is 8.07. The first-order chi connectivity index (χ1) is 16.3. The minimum Gasteiger partial charge on any atom is -0.491 e. The Bertz CT molecular complexity index is 1370. The van der Waals surface area contributed by atoms with E-state index in [0.29, 0.717) is 24.1 Å². The van der Waals surface area contributed by atoms with Crippen molar-refractivity contribution in [2.75, 3.05) is 23.8 Å². The van der Waals surface area contributed by atoms with Crippen molar-refractivity contribution in [3.63, 3.8) is 0 Å². The van der Waals surface area contributed by atoms with Crippen molar-refractivity contribution in [2.45, 2.75) is 46.2 Å². The van der Waals surface area contributed by atoms with Crippen LogP contribution in [-0.2, 0) is 6.54 Å². The summed E-state index contributed by atoms with van der Waals surface area (Å²) in [5, 5.41) is 0.526. The first-order valence-electron chi connectivity index (χ1n) is 11.5. The molecular weight excluding hydrogens is 446 g/mol. The van der Waals surface area contributed by atoms with Gasteiger partial charge in [0.1, 0.15) is 34.3 Å². The number of ether oxygens (including phenoxy) is 1. The van der Waals surface area contributed by atoms with Crippen LogP contribution >= 0.6 is 11.3 Å². The van der Waals surface area contributed by atoms with Crippen molar-refractivity contribution >= 4 is 32.6 Å². The lowest BCUT2D eigenvalue weighted by Crippen LogP contribution is -2.29. The fraction of sp³-hybridized carbons (Fsp3) is 0.360. The highest BCUT2D eigenvalue weighted by Crippen LogP contribution is 2.35. The van der Waals surface area contributed by atoms with Gasteiger partial charge >= 0.3 is 0 Å². The van der Waals surface area contributed by atoms with Crippen LogP contribution in [0.15, 0.2) is 30.5 Å². The number of nitrogens with two attached hydrogens (primary N) is 2. The molecule has 3 aromatic heterocycles. The van der Waals surface area contributed by atoms with Crippen molar-refractivity contribution < 1.29 is 4.74 Å². The third-order valence-electron chi connectivity index (χ3n) is 6.06. The Balaban J connectivity index is 1.55. The first kappa shape index (κ1) is 22.5. The maximum atomic E-state index is 6.15. The Morgan fingerprint density at radius 3 is 2.68 bits per heavy atom. The maximum absolute atomic E-state index is 6.15. The molecule has 9 heteroatoms. The van der Waals surface area contributed by atoms with Crippen LogP contribution in [0.1, 0.15) is 55.4 Å². The summed E-state index contributed by atoms with van der Waals surface area (Å²) in [6.07, 6.45) is 1.87. The zero-order valence-electron chi connectivity index (χ0n) is 19.9. The molecule has 0 aliphatic carbocycles. The van der Waals surface area contributed by atoms with E-state index >= 15 is 0 Å². The molecule has 4 heterocycles. The van der Waals surface area contributed by atoms with Gasteiger partial charge in [0.05, 0.1) is 12.6 Å². The van der Waals surface area contributed by atoms with E-state index in [9.17, 15) is 0 Å². The quantitative estimate of drug-likeness (QED) is 0.441. The van der Waals surface area contributed by atoms with Crippen LogP contribution in [0.2, 0.25) is 0 Å². The molecule has 176 valence electrons. The second-order valence-corrected chi connectivity index (χ2v) is 10.0. The van der Waals surface area contributed by atoms with Crippen LogP contribution in [0.25, 0.3) is 21.5 Å². The molecule has 34 heavy (non-hydrogen) atoms. The van der Waals surface area contributed by atoms with Gasteiger partial charge in [0.25, 0.3) is 0 Å². The monoisotopic (exact) mass is 475 g/mol. The average Bonchev–Trinajstić information content (AvgIpc) is 3.03. The number of aromatic nitrogens is 4. The van der Waals surface area contributed by atoms with E-state index in [1.54, 1.807) is 0 Å². The van der Waals surface area contributed by atoms with E-state index < -0.39 is 0 Å². The number of hydrogen-bond acceptors (Lipinski definition) is 9. The summed E-state index contributed by atoms with van der Waals surface area (Å²) >= 11 is 1.40. The molecule has 4 aromatic rings. The van der Waals surface area contributed by atoms with E-state index in [1.165, 1.54) is 11.3 Å². The third-order valence-corrected chi connectivity index (χ3v) is 6.86. The van der Waals surface area contributed by atoms with Gasteiger partial charge in [-0.2, -0.15) is 0 Å². The van der Waals surface area contributed by atoms with Crippen LogP contribution in [0.4, 0.5) is 10.9 Å². The maximum Gasteiger partial charge on any atom is 0.182 e. The van der Waals surface area contributed by atoms with Crippen molar-refractivity contribution in [1.82, 2.24) is 19.9 Å².